The molecule has 1 aliphatic carbocycles. The molecule has 0 aromatic heterocycles. The predicted octanol–water partition coefficient (Wildman–Crippen LogP) is 3.14. The van der Waals surface area contributed by atoms with Crippen LogP contribution in [0, 0.1) is 0 Å². The molecular weight excluding hydrogens is 394 g/mol. The molecule has 4 rings (SSSR count). The maximum atomic E-state index is 13.0. The smallest absolute Gasteiger partial charge is 0.261 e. The highest BCUT2D eigenvalue weighted by atomic mass is 16.2. The van der Waals surface area contributed by atoms with E-state index in [0.29, 0.717) is 36.2 Å². The summed E-state index contributed by atoms with van der Waals surface area (Å²) in [4.78, 5) is 53.9. The third-order valence-corrected chi connectivity index (χ3v) is 6.77. The Morgan fingerprint density at radius 1 is 0.968 bits per heavy atom. The first-order valence-corrected chi connectivity index (χ1v) is 11.6. The molecule has 3 aliphatic rings. The molecule has 0 bridgehead atoms. The van der Waals surface area contributed by atoms with Crippen molar-refractivity contribution in [3.63, 3.8) is 0 Å². The van der Waals surface area contributed by atoms with E-state index in [1.807, 2.05) is 11.8 Å². The third-order valence-electron chi connectivity index (χ3n) is 6.77. The minimum atomic E-state index is -0.274. The Labute approximate surface area is 183 Å². The molecule has 0 spiro atoms. The molecule has 7 nitrogen and oxygen atoms in total. The lowest BCUT2D eigenvalue weighted by Gasteiger charge is -2.32. The van der Waals surface area contributed by atoms with Crippen molar-refractivity contribution in [2.75, 3.05) is 13.1 Å². The molecule has 2 aliphatic heterocycles. The van der Waals surface area contributed by atoms with Gasteiger partial charge in [0.1, 0.15) is 0 Å². The summed E-state index contributed by atoms with van der Waals surface area (Å²) in [6, 6.07) is 4.78. The monoisotopic (exact) mass is 425 g/mol. The van der Waals surface area contributed by atoms with Gasteiger partial charge >= 0.3 is 0 Å². The molecule has 1 N–H and O–H groups in total. The van der Waals surface area contributed by atoms with Gasteiger partial charge in [0, 0.05) is 37.2 Å². The summed E-state index contributed by atoms with van der Waals surface area (Å²) in [6.07, 6.45) is 7.79. The van der Waals surface area contributed by atoms with Crippen molar-refractivity contribution in [1.29, 1.82) is 0 Å². The van der Waals surface area contributed by atoms with Gasteiger partial charge in [0.2, 0.25) is 5.91 Å². The summed E-state index contributed by atoms with van der Waals surface area (Å²) in [6.45, 7) is 3.29. The third kappa shape index (κ3) is 4.36. The number of amides is 4. The van der Waals surface area contributed by atoms with Gasteiger partial charge in [0.05, 0.1) is 11.1 Å². The number of piperidine rings is 1. The summed E-state index contributed by atoms with van der Waals surface area (Å²) in [5.41, 5.74) is 1.13. The Balaban J connectivity index is 1.39. The first-order valence-electron chi connectivity index (χ1n) is 11.6. The Morgan fingerprint density at radius 3 is 2.32 bits per heavy atom. The lowest BCUT2D eigenvalue weighted by Crippen LogP contribution is -2.46. The second-order valence-electron chi connectivity index (χ2n) is 8.91. The van der Waals surface area contributed by atoms with Crippen molar-refractivity contribution in [1.82, 2.24) is 15.1 Å². The summed E-state index contributed by atoms with van der Waals surface area (Å²) in [5.74, 6) is -0.568. The predicted molar refractivity (Wildman–Crippen MR) is 116 cm³/mol. The van der Waals surface area contributed by atoms with Crippen LogP contribution in [0.2, 0.25) is 0 Å². The molecule has 166 valence electrons. The van der Waals surface area contributed by atoms with Crippen LogP contribution >= 0.6 is 0 Å². The fourth-order valence-electron chi connectivity index (χ4n) is 4.99. The molecule has 2 fully saturated rings. The van der Waals surface area contributed by atoms with Gasteiger partial charge in [0.25, 0.3) is 17.7 Å². The fourth-order valence-corrected chi connectivity index (χ4v) is 4.99. The first kappa shape index (κ1) is 21.5. The molecule has 1 saturated carbocycles. The Kier molecular flexibility index (Phi) is 6.39. The number of imide groups is 1. The van der Waals surface area contributed by atoms with Crippen molar-refractivity contribution in [3.8, 4) is 0 Å². The topological polar surface area (TPSA) is 86.8 Å². The highest BCUT2D eigenvalue weighted by Crippen LogP contribution is 2.31. The van der Waals surface area contributed by atoms with E-state index in [1.165, 1.54) is 4.90 Å². The van der Waals surface area contributed by atoms with Crippen LogP contribution in [0.4, 0.5) is 0 Å². The largest absolute Gasteiger partial charge is 0.349 e. The van der Waals surface area contributed by atoms with Crippen molar-refractivity contribution < 1.29 is 19.2 Å². The second-order valence-corrected chi connectivity index (χ2v) is 8.91. The molecule has 7 heteroatoms. The maximum absolute atomic E-state index is 13.0. The molecule has 2 heterocycles. The lowest BCUT2D eigenvalue weighted by atomic mass is 9.94. The van der Waals surface area contributed by atoms with E-state index in [1.54, 1.807) is 18.2 Å². The zero-order chi connectivity index (χ0) is 22.0. The van der Waals surface area contributed by atoms with E-state index < -0.39 is 0 Å². The summed E-state index contributed by atoms with van der Waals surface area (Å²) < 4.78 is 0. The van der Waals surface area contributed by atoms with Gasteiger partial charge in [-0.3, -0.25) is 24.1 Å². The van der Waals surface area contributed by atoms with E-state index in [2.05, 4.69) is 5.32 Å². The number of hydrogen-bond acceptors (Lipinski definition) is 4. The molecule has 4 amide bonds. The highest BCUT2D eigenvalue weighted by Gasteiger charge is 2.40. The minimum absolute atomic E-state index is 0.00232. The van der Waals surface area contributed by atoms with Crippen molar-refractivity contribution in [3.05, 3.63) is 34.9 Å². The lowest BCUT2D eigenvalue weighted by molar-refractivity contribution is -0.132. The fraction of sp³-hybridized carbons (Fsp3) is 0.583. The molecule has 0 radical (unpaired) electrons. The van der Waals surface area contributed by atoms with E-state index in [4.69, 9.17) is 0 Å². The van der Waals surface area contributed by atoms with Gasteiger partial charge in [-0.1, -0.05) is 26.2 Å². The number of hydrogen-bond donors (Lipinski definition) is 1. The molecule has 0 atom stereocenters. The van der Waals surface area contributed by atoms with Crippen molar-refractivity contribution in [2.24, 2.45) is 0 Å². The van der Waals surface area contributed by atoms with Gasteiger partial charge in [-0.25, -0.2) is 0 Å². The van der Waals surface area contributed by atoms with Crippen LogP contribution in [0.3, 0.4) is 0 Å². The number of fused-ring (bicyclic) bond motifs is 1. The van der Waals surface area contributed by atoms with E-state index in [0.717, 1.165) is 51.4 Å². The molecule has 1 saturated heterocycles. The number of nitrogens with one attached hydrogen (secondary N) is 1. The molecule has 31 heavy (non-hydrogen) atoms. The summed E-state index contributed by atoms with van der Waals surface area (Å²) in [5, 5.41) is 3.03. The highest BCUT2D eigenvalue weighted by molar-refractivity contribution is 6.22. The molecule has 1 aromatic rings. The van der Waals surface area contributed by atoms with Crippen LogP contribution in [-0.4, -0.2) is 58.6 Å². The van der Waals surface area contributed by atoms with Crippen LogP contribution in [0.15, 0.2) is 18.2 Å². The minimum Gasteiger partial charge on any atom is -0.349 e. The number of nitrogens with zero attached hydrogens (tertiary/aromatic N) is 2. The number of carbonyl (C=O) groups is 4. The number of likely N-dealkylation sites (tertiary alicyclic amines) is 1. The Morgan fingerprint density at radius 2 is 1.65 bits per heavy atom. The first-order chi connectivity index (χ1) is 15.0. The SMILES string of the molecule is CCCC(=O)N1CCC(NC(=O)c2ccc3c(c2)C(=O)N(C2CCCCC2)C3=O)CC1. The van der Waals surface area contributed by atoms with Crippen LogP contribution in [0.1, 0.15) is 95.8 Å². The van der Waals surface area contributed by atoms with E-state index in [9.17, 15) is 19.2 Å². The normalized spacial score (nSPS) is 20.2. The van der Waals surface area contributed by atoms with E-state index >= 15 is 0 Å². The quantitative estimate of drug-likeness (QED) is 0.735. The van der Waals surface area contributed by atoms with Crippen molar-refractivity contribution >= 4 is 23.6 Å². The van der Waals surface area contributed by atoms with Crippen LogP contribution in [-0.2, 0) is 4.79 Å². The average Bonchev–Trinajstić information content (AvgIpc) is 3.04. The number of carbonyl (C=O) groups excluding carboxylic acids is 4. The maximum Gasteiger partial charge on any atom is 0.261 e. The van der Waals surface area contributed by atoms with Crippen LogP contribution in [0.25, 0.3) is 0 Å². The number of rotatable bonds is 5. The molecule has 0 unspecified atom stereocenters. The zero-order valence-electron chi connectivity index (χ0n) is 18.2. The zero-order valence-corrected chi connectivity index (χ0v) is 18.2. The van der Waals surface area contributed by atoms with E-state index in [-0.39, 0.29) is 35.7 Å². The van der Waals surface area contributed by atoms with Gasteiger partial charge in [-0.15, -0.1) is 0 Å². The molecular formula is C24H31N3O4. The number of benzene rings is 1. The van der Waals surface area contributed by atoms with Gasteiger partial charge < -0.3 is 10.2 Å². The second kappa shape index (κ2) is 9.20. The van der Waals surface area contributed by atoms with Gasteiger partial charge in [0.15, 0.2) is 0 Å². The van der Waals surface area contributed by atoms with Crippen molar-refractivity contribution in [2.45, 2.75) is 76.8 Å². The summed E-state index contributed by atoms with van der Waals surface area (Å²) in [7, 11) is 0. The van der Waals surface area contributed by atoms with Crippen LogP contribution < -0.4 is 5.32 Å². The van der Waals surface area contributed by atoms with Gasteiger partial charge in [-0.05, 0) is 50.3 Å². The Hall–Kier alpha value is -2.70. The Bertz CT molecular complexity index is 883. The standard InChI is InChI=1S/C24H31N3O4/c1-2-6-21(28)26-13-11-17(12-14-26)25-22(29)16-9-10-19-20(15-16)24(31)27(23(19)30)18-7-4-3-5-8-18/h9-10,15,17-18H,2-8,11-14H2,1H3,(H,25,29). The molecule has 1 aromatic carbocycles. The van der Waals surface area contributed by atoms with Gasteiger partial charge in [-0.2, -0.15) is 0 Å². The van der Waals surface area contributed by atoms with Crippen LogP contribution in [0.5, 0.6) is 0 Å². The average molecular weight is 426 g/mol. The summed E-state index contributed by atoms with van der Waals surface area (Å²) >= 11 is 0.